The van der Waals surface area contributed by atoms with Gasteiger partial charge in [-0.15, -0.1) is 0 Å². The van der Waals surface area contributed by atoms with E-state index in [1.165, 1.54) is 18.2 Å². The van der Waals surface area contributed by atoms with Crippen molar-refractivity contribution in [3.8, 4) is 11.3 Å². The van der Waals surface area contributed by atoms with Crippen molar-refractivity contribution in [3.63, 3.8) is 0 Å². The number of halogens is 1. The molecule has 5 nitrogen and oxygen atoms in total. The molecule has 0 atom stereocenters. The molecule has 3 aromatic rings. The maximum atomic E-state index is 13.1. The lowest BCUT2D eigenvalue weighted by Crippen LogP contribution is -2.09. The molecule has 6 heteroatoms. The zero-order valence-electron chi connectivity index (χ0n) is 13.4. The first-order valence-electron chi connectivity index (χ1n) is 7.82. The molecular formula is C19H16FN3O2. The van der Waals surface area contributed by atoms with Gasteiger partial charge in [0.25, 0.3) is 0 Å². The summed E-state index contributed by atoms with van der Waals surface area (Å²) < 4.78 is 13.1. The highest BCUT2D eigenvalue weighted by molar-refractivity contribution is 5.66. The minimum atomic E-state index is -0.466. The number of rotatable bonds is 6. The Kier molecular flexibility index (Phi) is 4.99. The Labute approximate surface area is 144 Å². The first kappa shape index (κ1) is 16.6. The molecule has 1 aromatic heterocycles. The van der Waals surface area contributed by atoms with Crippen molar-refractivity contribution in [1.29, 1.82) is 0 Å². The van der Waals surface area contributed by atoms with Crippen LogP contribution in [-0.4, -0.2) is 16.5 Å². The third-order valence-electron chi connectivity index (χ3n) is 3.76. The third-order valence-corrected chi connectivity index (χ3v) is 3.76. The molecule has 0 bridgehead atoms. The lowest BCUT2D eigenvalue weighted by atomic mass is 10.1. The Morgan fingerprint density at radius 2 is 1.72 bits per heavy atom. The minimum absolute atomic E-state index is 0.0843. The second kappa shape index (κ2) is 7.53. The van der Waals surface area contributed by atoms with Crippen molar-refractivity contribution in [2.24, 2.45) is 0 Å². The molecule has 3 rings (SSSR count). The molecule has 1 heterocycles. The van der Waals surface area contributed by atoms with Gasteiger partial charge in [-0.1, -0.05) is 30.3 Å². The zero-order chi connectivity index (χ0) is 17.6. The van der Waals surface area contributed by atoms with E-state index in [0.717, 1.165) is 12.0 Å². The van der Waals surface area contributed by atoms with E-state index in [2.05, 4.69) is 10.3 Å². The van der Waals surface area contributed by atoms with Gasteiger partial charge in [-0.3, -0.25) is 10.1 Å². The molecule has 126 valence electrons. The standard InChI is InChI=1S/C19H16FN3O2/c20-16-8-6-15(7-9-16)17-10-11-18(23(24)25)19(22-17)21-13-12-14-4-2-1-3-5-14/h1-11H,12-13H2,(H,21,22). The highest BCUT2D eigenvalue weighted by Gasteiger charge is 2.16. The summed E-state index contributed by atoms with van der Waals surface area (Å²) in [5.41, 5.74) is 2.29. The Bertz CT molecular complexity index is 868. The highest BCUT2D eigenvalue weighted by Crippen LogP contribution is 2.27. The summed E-state index contributed by atoms with van der Waals surface area (Å²) in [4.78, 5) is 15.1. The SMILES string of the molecule is O=[N+]([O-])c1ccc(-c2ccc(F)cc2)nc1NCCc1ccccc1. The number of aromatic nitrogens is 1. The van der Waals surface area contributed by atoms with Crippen molar-refractivity contribution >= 4 is 11.5 Å². The Hall–Kier alpha value is -3.28. The topological polar surface area (TPSA) is 68.1 Å². The maximum absolute atomic E-state index is 13.1. The van der Waals surface area contributed by atoms with Gasteiger partial charge < -0.3 is 5.32 Å². The monoisotopic (exact) mass is 337 g/mol. The summed E-state index contributed by atoms with van der Waals surface area (Å²) in [6.45, 7) is 0.519. The fourth-order valence-electron chi connectivity index (χ4n) is 2.48. The molecule has 0 radical (unpaired) electrons. The lowest BCUT2D eigenvalue weighted by Gasteiger charge is -2.09. The van der Waals surface area contributed by atoms with Crippen LogP contribution < -0.4 is 5.32 Å². The van der Waals surface area contributed by atoms with E-state index < -0.39 is 4.92 Å². The van der Waals surface area contributed by atoms with E-state index in [0.29, 0.717) is 17.8 Å². The van der Waals surface area contributed by atoms with Gasteiger partial charge in [0.05, 0.1) is 10.6 Å². The van der Waals surface area contributed by atoms with Crippen LogP contribution in [0.5, 0.6) is 0 Å². The smallest absolute Gasteiger partial charge is 0.311 e. The van der Waals surface area contributed by atoms with Gasteiger partial charge in [0.2, 0.25) is 5.82 Å². The van der Waals surface area contributed by atoms with Crippen LogP contribution in [0.4, 0.5) is 15.9 Å². The number of pyridine rings is 1. The normalized spacial score (nSPS) is 10.4. The Balaban J connectivity index is 1.81. The number of benzene rings is 2. The largest absolute Gasteiger partial charge is 0.364 e. The summed E-state index contributed by atoms with van der Waals surface area (Å²) in [7, 11) is 0. The molecule has 0 aliphatic heterocycles. The fraction of sp³-hybridized carbons (Fsp3) is 0.105. The molecular weight excluding hydrogens is 321 g/mol. The van der Waals surface area contributed by atoms with Crippen LogP contribution in [0.3, 0.4) is 0 Å². The molecule has 0 amide bonds. The van der Waals surface area contributed by atoms with Crippen LogP contribution in [0.1, 0.15) is 5.56 Å². The summed E-state index contributed by atoms with van der Waals surface area (Å²) >= 11 is 0. The molecule has 25 heavy (non-hydrogen) atoms. The van der Waals surface area contributed by atoms with Crippen LogP contribution >= 0.6 is 0 Å². The number of anilines is 1. The predicted octanol–water partition coefficient (Wildman–Crippen LogP) is 4.45. The molecule has 0 saturated heterocycles. The van der Waals surface area contributed by atoms with Gasteiger partial charge in [0, 0.05) is 18.2 Å². The van der Waals surface area contributed by atoms with E-state index in [-0.39, 0.29) is 17.3 Å². The van der Waals surface area contributed by atoms with Gasteiger partial charge in [-0.25, -0.2) is 9.37 Å². The average molecular weight is 337 g/mol. The van der Waals surface area contributed by atoms with Gasteiger partial charge in [0.1, 0.15) is 5.82 Å². The van der Waals surface area contributed by atoms with Crippen LogP contribution in [0, 0.1) is 15.9 Å². The molecule has 0 aliphatic rings. The summed E-state index contributed by atoms with van der Waals surface area (Å²) in [6, 6.07) is 18.7. The average Bonchev–Trinajstić information content (AvgIpc) is 2.63. The van der Waals surface area contributed by atoms with Gasteiger partial charge in [-0.2, -0.15) is 0 Å². The third kappa shape index (κ3) is 4.17. The van der Waals surface area contributed by atoms with E-state index in [9.17, 15) is 14.5 Å². The van der Waals surface area contributed by atoms with Crippen molar-refractivity contribution < 1.29 is 9.31 Å². The number of hydrogen-bond donors (Lipinski definition) is 1. The molecule has 1 N–H and O–H groups in total. The zero-order valence-corrected chi connectivity index (χ0v) is 13.4. The van der Waals surface area contributed by atoms with Gasteiger partial charge in [-0.05, 0) is 42.3 Å². The van der Waals surface area contributed by atoms with E-state index >= 15 is 0 Å². The second-order valence-electron chi connectivity index (χ2n) is 5.49. The number of nitrogens with one attached hydrogen (secondary N) is 1. The van der Waals surface area contributed by atoms with Gasteiger partial charge >= 0.3 is 5.69 Å². The predicted molar refractivity (Wildman–Crippen MR) is 94.9 cm³/mol. The summed E-state index contributed by atoms with van der Waals surface area (Å²) in [6.07, 6.45) is 0.723. The Morgan fingerprint density at radius 1 is 1.00 bits per heavy atom. The van der Waals surface area contributed by atoms with Crippen molar-refractivity contribution in [2.45, 2.75) is 6.42 Å². The van der Waals surface area contributed by atoms with E-state index in [1.54, 1.807) is 18.2 Å². The number of nitrogens with zero attached hydrogens (tertiary/aromatic N) is 2. The summed E-state index contributed by atoms with van der Waals surface area (Å²) in [5, 5.41) is 14.3. The molecule has 0 aliphatic carbocycles. The highest BCUT2D eigenvalue weighted by atomic mass is 19.1. The van der Waals surface area contributed by atoms with Gasteiger partial charge in [0.15, 0.2) is 0 Å². The molecule has 0 saturated carbocycles. The van der Waals surface area contributed by atoms with Crippen LogP contribution in [0.2, 0.25) is 0 Å². The van der Waals surface area contributed by atoms with Crippen LogP contribution in [-0.2, 0) is 6.42 Å². The summed E-state index contributed by atoms with van der Waals surface area (Å²) in [5.74, 6) is -0.130. The van der Waals surface area contributed by atoms with Crippen molar-refractivity contribution in [1.82, 2.24) is 4.98 Å². The number of hydrogen-bond acceptors (Lipinski definition) is 4. The first-order chi connectivity index (χ1) is 12.1. The lowest BCUT2D eigenvalue weighted by molar-refractivity contribution is -0.384. The van der Waals surface area contributed by atoms with Crippen molar-refractivity contribution in [2.75, 3.05) is 11.9 Å². The van der Waals surface area contributed by atoms with E-state index in [4.69, 9.17) is 0 Å². The first-order valence-corrected chi connectivity index (χ1v) is 7.82. The molecule has 0 fully saturated rings. The van der Waals surface area contributed by atoms with E-state index in [1.807, 2.05) is 30.3 Å². The Morgan fingerprint density at radius 3 is 2.40 bits per heavy atom. The minimum Gasteiger partial charge on any atom is -0.364 e. The second-order valence-corrected chi connectivity index (χ2v) is 5.49. The fourth-order valence-corrected chi connectivity index (χ4v) is 2.48. The van der Waals surface area contributed by atoms with Crippen LogP contribution in [0.25, 0.3) is 11.3 Å². The quantitative estimate of drug-likeness (QED) is 0.533. The molecule has 0 spiro atoms. The molecule has 0 unspecified atom stereocenters. The number of nitro groups is 1. The van der Waals surface area contributed by atoms with Crippen molar-refractivity contribution in [3.05, 3.63) is 88.2 Å². The maximum Gasteiger partial charge on any atom is 0.311 e. The molecule has 2 aromatic carbocycles. The van der Waals surface area contributed by atoms with Crippen LogP contribution in [0.15, 0.2) is 66.7 Å².